The van der Waals surface area contributed by atoms with Crippen LogP contribution in [0.3, 0.4) is 0 Å². The summed E-state index contributed by atoms with van der Waals surface area (Å²) in [7, 11) is 0. The Labute approximate surface area is 124 Å². The lowest BCUT2D eigenvalue weighted by atomic mass is 9.85. The minimum Gasteiger partial charge on any atom is -0.353 e. The number of rotatable bonds is 4. The van der Waals surface area contributed by atoms with Crippen molar-refractivity contribution in [2.75, 3.05) is 13.1 Å². The summed E-state index contributed by atoms with van der Waals surface area (Å²) in [6, 6.07) is -0.0689. The highest BCUT2D eigenvalue weighted by atomic mass is 19.4. The van der Waals surface area contributed by atoms with Crippen molar-refractivity contribution in [1.82, 2.24) is 10.6 Å². The van der Waals surface area contributed by atoms with E-state index in [0.717, 1.165) is 32.4 Å². The molecule has 6 heteroatoms. The zero-order valence-electron chi connectivity index (χ0n) is 12.3. The number of piperidine rings is 1. The van der Waals surface area contributed by atoms with Crippen LogP contribution in [0.5, 0.6) is 0 Å². The summed E-state index contributed by atoms with van der Waals surface area (Å²) in [6.07, 6.45) is 0.778. The average molecular weight is 306 g/mol. The van der Waals surface area contributed by atoms with Gasteiger partial charge in [0.2, 0.25) is 5.91 Å². The second kappa shape index (κ2) is 7.47. The van der Waals surface area contributed by atoms with Gasteiger partial charge in [0.15, 0.2) is 0 Å². The Bertz CT molecular complexity index is 332. The second-order valence-corrected chi connectivity index (χ2v) is 6.41. The van der Waals surface area contributed by atoms with Gasteiger partial charge in [0.1, 0.15) is 0 Å². The molecule has 21 heavy (non-hydrogen) atoms. The van der Waals surface area contributed by atoms with Gasteiger partial charge < -0.3 is 10.6 Å². The fourth-order valence-electron chi connectivity index (χ4n) is 3.37. The summed E-state index contributed by atoms with van der Waals surface area (Å²) in [5.74, 6) is -0.625. The van der Waals surface area contributed by atoms with Crippen molar-refractivity contribution in [2.24, 2.45) is 11.8 Å². The first-order valence-electron chi connectivity index (χ1n) is 8.02. The van der Waals surface area contributed by atoms with Gasteiger partial charge in [0, 0.05) is 12.5 Å². The fraction of sp³-hybridized carbons (Fsp3) is 0.933. The summed E-state index contributed by atoms with van der Waals surface area (Å²) in [5.41, 5.74) is 0. The number of carbonyl (C=O) groups excluding carboxylic acids is 1. The largest absolute Gasteiger partial charge is 0.391 e. The third kappa shape index (κ3) is 5.49. The van der Waals surface area contributed by atoms with Gasteiger partial charge in [-0.15, -0.1) is 0 Å². The highest BCUT2D eigenvalue weighted by molar-refractivity contribution is 5.76. The number of hydrogen-bond donors (Lipinski definition) is 2. The molecule has 2 fully saturated rings. The third-order valence-electron chi connectivity index (χ3n) is 4.73. The lowest BCUT2D eigenvalue weighted by molar-refractivity contribution is -0.182. The van der Waals surface area contributed by atoms with Gasteiger partial charge in [-0.1, -0.05) is 0 Å². The molecule has 0 aromatic carbocycles. The van der Waals surface area contributed by atoms with E-state index in [1.807, 2.05) is 0 Å². The van der Waals surface area contributed by atoms with Crippen molar-refractivity contribution in [3.05, 3.63) is 0 Å². The molecule has 0 aromatic heterocycles. The summed E-state index contributed by atoms with van der Waals surface area (Å²) in [5, 5.41) is 6.22. The molecule has 1 aliphatic carbocycles. The molecule has 1 amide bonds. The predicted octanol–water partition coefficient (Wildman–Crippen LogP) is 3.00. The van der Waals surface area contributed by atoms with Crippen molar-refractivity contribution in [3.63, 3.8) is 0 Å². The normalized spacial score (nSPS) is 30.9. The quantitative estimate of drug-likeness (QED) is 0.838. The van der Waals surface area contributed by atoms with Crippen molar-refractivity contribution < 1.29 is 18.0 Å². The first-order valence-corrected chi connectivity index (χ1v) is 8.02. The molecule has 1 atom stereocenters. The molecular formula is C15H25F3N2O. The summed E-state index contributed by atoms with van der Waals surface area (Å²) < 4.78 is 37.7. The third-order valence-corrected chi connectivity index (χ3v) is 4.73. The highest BCUT2D eigenvalue weighted by Gasteiger charge is 2.41. The summed E-state index contributed by atoms with van der Waals surface area (Å²) >= 11 is 0. The molecule has 2 N–H and O–H groups in total. The summed E-state index contributed by atoms with van der Waals surface area (Å²) in [4.78, 5) is 11.9. The number of amides is 1. The van der Waals surface area contributed by atoms with Crippen molar-refractivity contribution in [2.45, 2.75) is 63.6 Å². The Kier molecular flexibility index (Phi) is 5.90. The Hall–Kier alpha value is -0.780. The lowest BCUT2D eigenvalue weighted by Crippen LogP contribution is -2.40. The molecule has 0 spiro atoms. The van der Waals surface area contributed by atoms with Gasteiger partial charge in [0.05, 0.1) is 5.92 Å². The topological polar surface area (TPSA) is 41.1 Å². The number of alkyl halides is 3. The zero-order chi connectivity index (χ0) is 15.3. The van der Waals surface area contributed by atoms with E-state index in [9.17, 15) is 18.0 Å². The van der Waals surface area contributed by atoms with Gasteiger partial charge in [-0.05, 0) is 64.0 Å². The molecule has 3 nitrogen and oxygen atoms in total. The Morgan fingerprint density at radius 1 is 1.14 bits per heavy atom. The number of hydrogen-bond acceptors (Lipinski definition) is 2. The van der Waals surface area contributed by atoms with Gasteiger partial charge in [-0.3, -0.25) is 4.79 Å². The van der Waals surface area contributed by atoms with Gasteiger partial charge >= 0.3 is 6.18 Å². The summed E-state index contributed by atoms with van der Waals surface area (Å²) in [6.45, 7) is 2.04. The van der Waals surface area contributed by atoms with E-state index in [1.54, 1.807) is 0 Å². The first kappa shape index (κ1) is 16.6. The molecule has 1 saturated heterocycles. The van der Waals surface area contributed by atoms with E-state index in [0.29, 0.717) is 25.2 Å². The molecule has 122 valence electrons. The van der Waals surface area contributed by atoms with Crippen LogP contribution in [0.2, 0.25) is 0 Å². The van der Waals surface area contributed by atoms with Gasteiger partial charge in [-0.25, -0.2) is 0 Å². The monoisotopic (exact) mass is 306 g/mol. The maximum Gasteiger partial charge on any atom is 0.391 e. The van der Waals surface area contributed by atoms with Crippen LogP contribution in [0.4, 0.5) is 13.2 Å². The van der Waals surface area contributed by atoms with Crippen LogP contribution in [0.15, 0.2) is 0 Å². The van der Waals surface area contributed by atoms with Crippen LogP contribution in [0.25, 0.3) is 0 Å². The van der Waals surface area contributed by atoms with E-state index < -0.39 is 12.1 Å². The van der Waals surface area contributed by atoms with Crippen LogP contribution >= 0.6 is 0 Å². The van der Waals surface area contributed by atoms with Gasteiger partial charge in [0.25, 0.3) is 0 Å². The maximum absolute atomic E-state index is 12.6. The maximum atomic E-state index is 12.6. The van der Waals surface area contributed by atoms with Crippen LogP contribution in [-0.4, -0.2) is 31.2 Å². The molecular weight excluding hydrogens is 281 g/mol. The molecule has 0 aromatic rings. The second-order valence-electron chi connectivity index (χ2n) is 6.41. The Balaban J connectivity index is 1.62. The SMILES string of the molecule is O=C(CCC1CCCNC1)NC1CCC(C(F)(F)F)CC1. The van der Waals surface area contributed by atoms with E-state index in [1.165, 1.54) is 0 Å². The van der Waals surface area contributed by atoms with E-state index in [4.69, 9.17) is 0 Å². The molecule has 1 unspecified atom stereocenters. The Morgan fingerprint density at radius 2 is 1.86 bits per heavy atom. The lowest BCUT2D eigenvalue weighted by Gasteiger charge is -2.30. The molecule has 1 saturated carbocycles. The van der Waals surface area contributed by atoms with Crippen LogP contribution in [-0.2, 0) is 4.79 Å². The van der Waals surface area contributed by atoms with Crippen LogP contribution < -0.4 is 10.6 Å². The fourth-order valence-corrected chi connectivity index (χ4v) is 3.37. The minimum absolute atomic E-state index is 0.00367. The smallest absolute Gasteiger partial charge is 0.353 e. The number of halogens is 3. The van der Waals surface area contributed by atoms with Crippen molar-refractivity contribution in [3.8, 4) is 0 Å². The Morgan fingerprint density at radius 3 is 2.43 bits per heavy atom. The van der Waals surface area contributed by atoms with E-state index >= 15 is 0 Å². The predicted molar refractivity (Wildman–Crippen MR) is 74.8 cm³/mol. The number of nitrogens with one attached hydrogen (secondary N) is 2. The molecule has 1 heterocycles. The van der Waals surface area contributed by atoms with Crippen LogP contribution in [0, 0.1) is 11.8 Å². The van der Waals surface area contributed by atoms with E-state index in [2.05, 4.69) is 10.6 Å². The van der Waals surface area contributed by atoms with Gasteiger partial charge in [-0.2, -0.15) is 13.2 Å². The number of carbonyl (C=O) groups is 1. The molecule has 0 radical (unpaired) electrons. The molecule has 2 aliphatic rings. The molecule has 1 aliphatic heterocycles. The molecule has 0 bridgehead atoms. The molecule has 2 rings (SSSR count). The zero-order valence-corrected chi connectivity index (χ0v) is 12.3. The van der Waals surface area contributed by atoms with E-state index in [-0.39, 0.29) is 24.8 Å². The van der Waals surface area contributed by atoms with Crippen molar-refractivity contribution in [1.29, 1.82) is 0 Å². The highest BCUT2D eigenvalue weighted by Crippen LogP contribution is 2.37. The average Bonchev–Trinajstić information content (AvgIpc) is 2.46. The van der Waals surface area contributed by atoms with Crippen molar-refractivity contribution >= 4 is 5.91 Å². The first-order chi connectivity index (χ1) is 9.95. The van der Waals surface area contributed by atoms with Crippen LogP contribution in [0.1, 0.15) is 51.4 Å². The standard InChI is InChI=1S/C15H25F3N2O/c16-15(17,18)12-4-6-13(7-5-12)20-14(21)8-3-11-2-1-9-19-10-11/h11-13,19H,1-10H2,(H,20,21). The minimum atomic E-state index is -4.08.